The molecular weight excluding hydrogens is 328 g/mol. The van der Waals surface area contributed by atoms with Crippen LogP contribution in [0.5, 0.6) is 0 Å². The smallest absolute Gasteiger partial charge is 0.281 e. The summed E-state index contributed by atoms with van der Waals surface area (Å²) < 4.78 is 27.3. The molecule has 130 valence electrons. The molecular formula is C15H22N6O2S. The van der Waals surface area contributed by atoms with E-state index in [1.807, 2.05) is 6.92 Å². The van der Waals surface area contributed by atoms with Gasteiger partial charge in [-0.2, -0.15) is 17.0 Å². The van der Waals surface area contributed by atoms with Crippen LogP contribution < -0.4 is 0 Å². The standard InChI is InChI=1S/C15H22N6O2S/c1-11-9-18-15(19-11)14-13(16-5-6-17-14)8-12-4-7-21(10-12)24(22,23)20(2)3/h5-6,9,12H,4,7-8,10H2,1-3H3,(H,18,19). The zero-order chi connectivity index (χ0) is 17.3. The number of imidazole rings is 1. The van der Waals surface area contributed by atoms with Gasteiger partial charge >= 0.3 is 0 Å². The molecule has 1 saturated heterocycles. The number of aromatic nitrogens is 4. The first kappa shape index (κ1) is 17.0. The quantitative estimate of drug-likeness (QED) is 0.862. The van der Waals surface area contributed by atoms with Gasteiger partial charge in [-0.15, -0.1) is 0 Å². The Hall–Kier alpha value is -1.84. The average molecular weight is 350 g/mol. The zero-order valence-corrected chi connectivity index (χ0v) is 14.9. The van der Waals surface area contributed by atoms with E-state index in [2.05, 4.69) is 19.9 Å². The summed E-state index contributed by atoms with van der Waals surface area (Å²) in [6.07, 6.45) is 6.57. The van der Waals surface area contributed by atoms with Crippen molar-refractivity contribution in [2.45, 2.75) is 19.8 Å². The van der Waals surface area contributed by atoms with Crippen LogP contribution in [0.2, 0.25) is 0 Å². The molecule has 1 N–H and O–H groups in total. The number of nitrogens with zero attached hydrogens (tertiary/aromatic N) is 5. The summed E-state index contributed by atoms with van der Waals surface area (Å²) in [4.78, 5) is 16.4. The Morgan fingerprint density at radius 3 is 2.71 bits per heavy atom. The number of aromatic amines is 1. The summed E-state index contributed by atoms with van der Waals surface area (Å²) in [7, 11) is -0.232. The number of hydrogen-bond acceptors (Lipinski definition) is 5. The van der Waals surface area contributed by atoms with Crippen LogP contribution in [0, 0.1) is 12.8 Å². The van der Waals surface area contributed by atoms with Crippen molar-refractivity contribution in [2.24, 2.45) is 5.92 Å². The first-order valence-electron chi connectivity index (χ1n) is 7.87. The lowest BCUT2D eigenvalue weighted by Gasteiger charge is -2.20. The van der Waals surface area contributed by atoms with E-state index in [-0.39, 0.29) is 5.92 Å². The van der Waals surface area contributed by atoms with E-state index in [1.54, 1.807) is 32.7 Å². The highest BCUT2D eigenvalue weighted by Crippen LogP contribution is 2.26. The average Bonchev–Trinajstić information content (AvgIpc) is 3.17. The van der Waals surface area contributed by atoms with Crippen LogP contribution >= 0.6 is 0 Å². The second-order valence-electron chi connectivity index (χ2n) is 6.27. The third kappa shape index (κ3) is 3.33. The van der Waals surface area contributed by atoms with Crippen LogP contribution in [0.15, 0.2) is 18.6 Å². The molecule has 9 heteroatoms. The summed E-state index contributed by atoms with van der Waals surface area (Å²) in [5.74, 6) is 0.928. The van der Waals surface area contributed by atoms with Crippen molar-refractivity contribution >= 4 is 10.2 Å². The van der Waals surface area contributed by atoms with Crippen molar-refractivity contribution in [3.05, 3.63) is 30.0 Å². The van der Waals surface area contributed by atoms with E-state index in [0.29, 0.717) is 25.3 Å². The van der Waals surface area contributed by atoms with Crippen molar-refractivity contribution in [2.75, 3.05) is 27.2 Å². The van der Waals surface area contributed by atoms with Gasteiger partial charge in [-0.05, 0) is 25.7 Å². The molecule has 0 aromatic carbocycles. The fraction of sp³-hybridized carbons (Fsp3) is 0.533. The van der Waals surface area contributed by atoms with Gasteiger partial charge in [-0.1, -0.05) is 0 Å². The van der Waals surface area contributed by atoms with Crippen molar-refractivity contribution in [3.63, 3.8) is 0 Å². The van der Waals surface area contributed by atoms with Gasteiger partial charge in [0.05, 0.1) is 5.69 Å². The molecule has 1 unspecified atom stereocenters. The molecule has 0 saturated carbocycles. The number of nitrogens with one attached hydrogen (secondary N) is 1. The second-order valence-corrected chi connectivity index (χ2v) is 8.42. The van der Waals surface area contributed by atoms with Crippen molar-refractivity contribution in [1.29, 1.82) is 0 Å². The summed E-state index contributed by atoms with van der Waals surface area (Å²) in [5.41, 5.74) is 2.55. The lowest BCUT2D eigenvalue weighted by atomic mass is 10.0. The monoisotopic (exact) mass is 350 g/mol. The third-order valence-electron chi connectivity index (χ3n) is 4.22. The SMILES string of the molecule is Cc1cnc(-c2nccnc2CC2CCN(S(=O)(=O)N(C)C)C2)[nH]1. The minimum absolute atomic E-state index is 0.228. The van der Waals surface area contributed by atoms with Crippen molar-refractivity contribution in [1.82, 2.24) is 28.5 Å². The van der Waals surface area contributed by atoms with E-state index < -0.39 is 10.2 Å². The van der Waals surface area contributed by atoms with Gasteiger partial charge in [0.15, 0.2) is 5.82 Å². The molecule has 1 atom stereocenters. The molecule has 3 rings (SSSR count). The maximum absolute atomic E-state index is 12.2. The maximum Gasteiger partial charge on any atom is 0.281 e. The van der Waals surface area contributed by atoms with Crippen molar-refractivity contribution < 1.29 is 8.42 Å². The van der Waals surface area contributed by atoms with E-state index in [4.69, 9.17) is 0 Å². The molecule has 2 aromatic rings. The molecule has 0 aliphatic carbocycles. The van der Waals surface area contributed by atoms with Gasteiger partial charge in [-0.25, -0.2) is 9.97 Å². The fourth-order valence-corrected chi connectivity index (χ4v) is 4.12. The van der Waals surface area contributed by atoms with E-state index >= 15 is 0 Å². The molecule has 3 heterocycles. The lowest BCUT2D eigenvalue weighted by molar-refractivity contribution is 0.409. The van der Waals surface area contributed by atoms with E-state index in [0.717, 1.165) is 23.5 Å². The Morgan fingerprint density at radius 2 is 2.04 bits per heavy atom. The molecule has 1 aliphatic heterocycles. The highest BCUT2D eigenvalue weighted by atomic mass is 32.2. The Balaban J connectivity index is 1.77. The number of H-pyrrole nitrogens is 1. The Morgan fingerprint density at radius 1 is 1.29 bits per heavy atom. The van der Waals surface area contributed by atoms with Crippen LogP contribution in [-0.2, 0) is 16.6 Å². The predicted octanol–water partition coefficient (Wildman–Crippen LogP) is 0.846. The zero-order valence-electron chi connectivity index (χ0n) is 14.1. The van der Waals surface area contributed by atoms with E-state index in [9.17, 15) is 8.42 Å². The Labute approximate surface area is 142 Å². The fourth-order valence-electron chi connectivity index (χ4n) is 2.92. The van der Waals surface area contributed by atoms with Crippen LogP contribution in [0.3, 0.4) is 0 Å². The van der Waals surface area contributed by atoms with Crippen LogP contribution in [0.25, 0.3) is 11.5 Å². The molecule has 0 amide bonds. The normalized spacial score (nSPS) is 19.2. The van der Waals surface area contributed by atoms with Crippen LogP contribution in [0.4, 0.5) is 0 Å². The topological polar surface area (TPSA) is 95.1 Å². The molecule has 1 aliphatic rings. The summed E-state index contributed by atoms with van der Waals surface area (Å²) in [6.45, 7) is 2.99. The number of rotatable bonds is 5. The number of aryl methyl sites for hydroxylation is 1. The Kier molecular flexibility index (Phi) is 4.66. The minimum atomic E-state index is -3.35. The van der Waals surface area contributed by atoms with Crippen molar-refractivity contribution in [3.8, 4) is 11.5 Å². The van der Waals surface area contributed by atoms with Crippen LogP contribution in [-0.4, -0.2) is 64.1 Å². The van der Waals surface area contributed by atoms with Gasteiger partial charge in [0.25, 0.3) is 10.2 Å². The summed E-state index contributed by atoms with van der Waals surface area (Å²) in [5, 5.41) is 0. The summed E-state index contributed by atoms with van der Waals surface area (Å²) in [6, 6.07) is 0. The second kappa shape index (κ2) is 6.58. The highest BCUT2D eigenvalue weighted by Gasteiger charge is 2.33. The van der Waals surface area contributed by atoms with Gasteiger partial charge < -0.3 is 4.98 Å². The molecule has 0 spiro atoms. The molecule has 2 aromatic heterocycles. The minimum Gasteiger partial charge on any atom is -0.341 e. The molecule has 0 radical (unpaired) electrons. The molecule has 1 fully saturated rings. The maximum atomic E-state index is 12.2. The van der Waals surface area contributed by atoms with Gasteiger partial charge in [0.1, 0.15) is 5.69 Å². The molecule has 8 nitrogen and oxygen atoms in total. The van der Waals surface area contributed by atoms with Gasteiger partial charge in [0, 0.05) is 51.5 Å². The predicted molar refractivity (Wildman–Crippen MR) is 90.3 cm³/mol. The lowest BCUT2D eigenvalue weighted by Crippen LogP contribution is -2.38. The number of hydrogen-bond donors (Lipinski definition) is 1. The molecule has 24 heavy (non-hydrogen) atoms. The largest absolute Gasteiger partial charge is 0.341 e. The highest BCUT2D eigenvalue weighted by molar-refractivity contribution is 7.86. The van der Waals surface area contributed by atoms with E-state index in [1.165, 1.54) is 8.61 Å². The first-order valence-corrected chi connectivity index (χ1v) is 9.27. The summed E-state index contributed by atoms with van der Waals surface area (Å²) >= 11 is 0. The van der Waals surface area contributed by atoms with Gasteiger partial charge in [-0.3, -0.25) is 4.98 Å². The molecule has 0 bridgehead atoms. The third-order valence-corrected chi connectivity index (χ3v) is 6.13. The Bertz CT molecular complexity index is 817. The van der Waals surface area contributed by atoms with Crippen LogP contribution in [0.1, 0.15) is 17.8 Å². The first-order chi connectivity index (χ1) is 11.4. The van der Waals surface area contributed by atoms with Gasteiger partial charge in [0.2, 0.25) is 0 Å².